The number of hydrogen-bond acceptors (Lipinski definition) is 5. The number of halogens is 1. The monoisotopic (exact) mass is 507 g/mol. The molecule has 2 aromatic carbocycles. The molecule has 2 heterocycles. The second kappa shape index (κ2) is 10.9. The predicted molar refractivity (Wildman–Crippen MR) is 136 cm³/mol. The van der Waals surface area contributed by atoms with Crippen molar-refractivity contribution in [1.29, 1.82) is 0 Å². The lowest BCUT2D eigenvalue weighted by atomic mass is 9.78. The van der Waals surface area contributed by atoms with Crippen LogP contribution in [0, 0.1) is 18.7 Å². The zero-order chi connectivity index (χ0) is 25.1. The molecule has 0 aliphatic heterocycles. The summed E-state index contributed by atoms with van der Waals surface area (Å²) in [6.07, 6.45) is 9.48. The van der Waals surface area contributed by atoms with Gasteiger partial charge >= 0.3 is 0 Å². The van der Waals surface area contributed by atoms with Crippen molar-refractivity contribution in [3.8, 4) is 0 Å². The second-order valence-electron chi connectivity index (χ2n) is 9.63. The average Bonchev–Trinajstić information content (AvgIpc) is 3.50. The third kappa shape index (κ3) is 5.05. The molecule has 1 N–H and O–H groups in total. The van der Waals surface area contributed by atoms with Gasteiger partial charge in [-0.05, 0) is 49.9 Å². The molecule has 5 rings (SSSR count). The number of aromatic nitrogens is 3. The predicted octanol–water partition coefficient (Wildman–Crippen LogP) is 6.88. The number of nitrogens with zero attached hydrogens (tertiary/aromatic N) is 2. The molecule has 1 aliphatic rings. The first-order valence-corrected chi connectivity index (χ1v) is 13.8. The summed E-state index contributed by atoms with van der Waals surface area (Å²) in [7, 11) is -1.66. The van der Waals surface area contributed by atoms with Gasteiger partial charge in [0.1, 0.15) is 17.6 Å². The number of hydrogen-bond donors (Lipinski definition) is 1. The van der Waals surface area contributed by atoms with E-state index in [1.54, 1.807) is 43.3 Å². The zero-order valence-electron chi connectivity index (χ0n) is 20.3. The lowest BCUT2D eigenvalue weighted by molar-refractivity contribution is 0.0956. The fourth-order valence-corrected chi connectivity index (χ4v) is 6.39. The molecule has 2 aromatic heterocycles. The van der Waals surface area contributed by atoms with Crippen LogP contribution < -0.4 is 0 Å². The van der Waals surface area contributed by atoms with Crippen LogP contribution in [0.25, 0.3) is 11.0 Å². The van der Waals surface area contributed by atoms with Crippen molar-refractivity contribution in [3.63, 3.8) is 0 Å². The van der Waals surface area contributed by atoms with Crippen LogP contribution in [-0.2, 0) is 10.8 Å². The molecule has 4 aromatic rings. The van der Waals surface area contributed by atoms with Crippen molar-refractivity contribution >= 4 is 27.6 Å². The lowest BCUT2D eigenvalue weighted by Gasteiger charge is -2.27. The highest BCUT2D eigenvalue weighted by Crippen LogP contribution is 2.38. The highest BCUT2D eigenvalue weighted by molar-refractivity contribution is 7.85. The number of H-pyrrole nitrogens is 1. The Bertz CT molecular complexity index is 1370. The average molecular weight is 508 g/mol. The summed E-state index contributed by atoms with van der Waals surface area (Å²) in [6, 6.07) is 12.1. The standard InChI is InChI=1S/C28H30FN3O3S/c1-18-22(17-35-32-18)24(33)16-21(19-10-6-3-2-4-7-11-19)28-30-23-14-15-25(26(29)27(23)31-28)36(34)20-12-8-5-9-13-20/h5,8-9,12-15,17,19,21H,2-4,6-7,10-11,16H2,1H3,(H,30,31). The molecule has 0 radical (unpaired) electrons. The summed E-state index contributed by atoms with van der Waals surface area (Å²) < 4.78 is 33.7. The van der Waals surface area contributed by atoms with Crippen molar-refractivity contribution < 1.29 is 17.9 Å². The molecule has 0 bridgehead atoms. The van der Waals surface area contributed by atoms with Gasteiger partial charge in [-0.15, -0.1) is 0 Å². The zero-order valence-corrected chi connectivity index (χ0v) is 21.2. The fraction of sp³-hybridized carbons (Fsp3) is 0.393. The molecule has 1 aliphatic carbocycles. The van der Waals surface area contributed by atoms with E-state index in [1.807, 2.05) is 6.07 Å². The quantitative estimate of drug-likeness (QED) is 0.275. The van der Waals surface area contributed by atoms with Gasteiger partial charge in [-0.2, -0.15) is 0 Å². The number of carbonyl (C=O) groups excluding carboxylic acids is 1. The van der Waals surface area contributed by atoms with Gasteiger partial charge in [0.2, 0.25) is 0 Å². The van der Waals surface area contributed by atoms with E-state index in [-0.39, 0.29) is 34.5 Å². The molecule has 2 atom stereocenters. The van der Waals surface area contributed by atoms with E-state index in [4.69, 9.17) is 4.52 Å². The summed E-state index contributed by atoms with van der Waals surface area (Å²) >= 11 is 0. The van der Waals surface area contributed by atoms with Gasteiger partial charge < -0.3 is 9.51 Å². The molecule has 6 nitrogen and oxygen atoms in total. The minimum absolute atomic E-state index is 0.0485. The molecule has 8 heteroatoms. The van der Waals surface area contributed by atoms with Crippen LogP contribution in [0.3, 0.4) is 0 Å². The van der Waals surface area contributed by atoms with Crippen molar-refractivity contribution in [2.45, 2.75) is 74.0 Å². The highest BCUT2D eigenvalue weighted by atomic mass is 32.2. The lowest BCUT2D eigenvalue weighted by Crippen LogP contribution is -2.20. The Hall–Kier alpha value is -3.13. The molecule has 1 fully saturated rings. The van der Waals surface area contributed by atoms with Crippen LogP contribution in [0.2, 0.25) is 0 Å². The largest absolute Gasteiger partial charge is 0.364 e. The first-order chi connectivity index (χ1) is 17.5. The Morgan fingerprint density at radius 1 is 1.11 bits per heavy atom. The number of Topliss-reactive ketones (excluding diaryl/α,β-unsaturated/α-hetero) is 1. The summed E-state index contributed by atoms with van der Waals surface area (Å²) in [6.45, 7) is 1.76. The second-order valence-corrected chi connectivity index (χ2v) is 11.1. The molecule has 1 saturated carbocycles. The number of carbonyl (C=O) groups is 1. The molecule has 0 saturated heterocycles. The smallest absolute Gasteiger partial charge is 0.168 e. The minimum atomic E-state index is -1.66. The van der Waals surface area contributed by atoms with Gasteiger partial charge in [-0.1, -0.05) is 55.5 Å². The third-order valence-corrected chi connectivity index (χ3v) is 8.67. The minimum Gasteiger partial charge on any atom is -0.364 e. The maximum Gasteiger partial charge on any atom is 0.168 e. The van der Waals surface area contributed by atoms with Crippen LogP contribution >= 0.6 is 0 Å². The summed E-state index contributed by atoms with van der Waals surface area (Å²) in [5.41, 5.74) is 1.76. The Labute approximate surface area is 212 Å². The Balaban J connectivity index is 1.51. The normalized spacial score (nSPS) is 16.9. The van der Waals surface area contributed by atoms with E-state index in [0.29, 0.717) is 27.5 Å². The van der Waals surface area contributed by atoms with E-state index >= 15 is 4.39 Å². The maximum atomic E-state index is 15.6. The van der Waals surface area contributed by atoms with E-state index in [9.17, 15) is 9.00 Å². The number of rotatable bonds is 7. The molecule has 36 heavy (non-hydrogen) atoms. The number of aromatic amines is 1. The topological polar surface area (TPSA) is 88.8 Å². The molecule has 188 valence electrons. The molecular formula is C28H30FN3O3S. The Kier molecular flexibility index (Phi) is 7.41. The SMILES string of the molecule is Cc1nocc1C(=O)CC(c1nc2c(F)c(S(=O)c3ccccc3)ccc2[nH]1)C1CCCCCCC1. The van der Waals surface area contributed by atoms with Gasteiger partial charge in [-0.3, -0.25) is 4.79 Å². The number of fused-ring (bicyclic) bond motifs is 1. The van der Waals surface area contributed by atoms with Gasteiger partial charge in [0.25, 0.3) is 0 Å². The van der Waals surface area contributed by atoms with Gasteiger partial charge in [0, 0.05) is 17.2 Å². The molecule has 0 spiro atoms. The maximum absolute atomic E-state index is 15.6. The molecular weight excluding hydrogens is 477 g/mol. The van der Waals surface area contributed by atoms with Crippen LogP contribution in [0.4, 0.5) is 4.39 Å². The molecule has 0 amide bonds. The van der Waals surface area contributed by atoms with Gasteiger partial charge in [-0.25, -0.2) is 13.6 Å². The van der Waals surface area contributed by atoms with Crippen LogP contribution in [0.15, 0.2) is 63.0 Å². The fourth-order valence-electron chi connectivity index (χ4n) is 5.28. The summed E-state index contributed by atoms with van der Waals surface area (Å²) in [5.74, 6) is 0.0534. The Morgan fingerprint density at radius 3 is 2.53 bits per heavy atom. The first kappa shape index (κ1) is 24.6. The first-order valence-electron chi connectivity index (χ1n) is 12.6. The van der Waals surface area contributed by atoms with Crippen LogP contribution in [0.5, 0.6) is 0 Å². The van der Waals surface area contributed by atoms with Gasteiger partial charge in [0.05, 0.1) is 32.5 Å². The van der Waals surface area contributed by atoms with Gasteiger partial charge in [0.15, 0.2) is 11.6 Å². The number of benzene rings is 2. The van der Waals surface area contributed by atoms with Crippen molar-refractivity contribution in [1.82, 2.24) is 15.1 Å². The van der Waals surface area contributed by atoms with E-state index in [2.05, 4.69) is 15.1 Å². The van der Waals surface area contributed by atoms with Crippen molar-refractivity contribution in [2.24, 2.45) is 5.92 Å². The highest BCUT2D eigenvalue weighted by Gasteiger charge is 2.31. The number of ketones is 1. The van der Waals surface area contributed by atoms with E-state index < -0.39 is 16.6 Å². The number of aryl methyl sites for hydroxylation is 1. The third-order valence-electron chi connectivity index (χ3n) is 7.26. The molecule has 2 unspecified atom stereocenters. The van der Waals surface area contributed by atoms with E-state index in [1.165, 1.54) is 25.5 Å². The number of nitrogens with one attached hydrogen (secondary N) is 1. The van der Waals surface area contributed by atoms with Crippen molar-refractivity contribution in [3.05, 3.63) is 71.6 Å². The van der Waals surface area contributed by atoms with Crippen LogP contribution in [0.1, 0.15) is 79.2 Å². The van der Waals surface area contributed by atoms with E-state index in [0.717, 1.165) is 25.7 Å². The van der Waals surface area contributed by atoms with Crippen molar-refractivity contribution in [2.75, 3.05) is 0 Å². The van der Waals surface area contributed by atoms with Crippen LogP contribution in [-0.4, -0.2) is 25.1 Å². The summed E-state index contributed by atoms with van der Waals surface area (Å²) in [5, 5.41) is 3.86. The number of imidazole rings is 1. The summed E-state index contributed by atoms with van der Waals surface area (Å²) in [4.78, 5) is 21.9. The Morgan fingerprint density at radius 2 is 1.83 bits per heavy atom.